The summed E-state index contributed by atoms with van der Waals surface area (Å²) in [5.41, 5.74) is 1.51. The van der Waals surface area contributed by atoms with E-state index < -0.39 is 0 Å². The predicted molar refractivity (Wildman–Crippen MR) is 54.2 cm³/mol. The minimum Gasteiger partial charge on any atom is -0.328 e. The Balaban J connectivity index is 2.43. The summed E-state index contributed by atoms with van der Waals surface area (Å²) in [4.78, 5) is 15.9. The molecule has 2 aliphatic heterocycles. The summed E-state index contributed by atoms with van der Waals surface area (Å²) >= 11 is 0. The molecule has 0 aromatic heterocycles. The molecule has 0 fully saturated rings. The molecular formula is C11H8N2O. The van der Waals surface area contributed by atoms with Crippen molar-refractivity contribution >= 4 is 6.08 Å². The monoisotopic (exact) mass is 184 g/mol. The second-order valence-corrected chi connectivity index (χ2v) is 3.34. The molecule has 0 saturated carbocycles. The molecule has 3 nitrogen and oxygen atoms in total. The Morgan fingerprint density at radius 2 is 2.29 bits per heavy atom. The summed E-state index contributed by atoms with van der Waals surface area (Å²) in [6, 6.07) is 5.18. The van der Waals surface area contributed by atoms with Crippen LogP contribution in [-0.4, -0.2) is 9.55 Å². The molecule has 0 bridgehead atoms. The maximum Gasteiger partial charge on any atom is 0.189 e. The third-order valence-corrected chi connectivity index (χ3v) is 2.43. The summed E-state index contributed by atoms with van der Waals surface area (Å²) in [7, 11) is 0. The molecule has 0 spiro atoms. The molecule has 68 valence electrons. The van der Waals surface area contributed by atoms with Crippen LogP contribution in [0.25, 0.3) is 17.3 Å². The lowest BCUT2D eigenvalue weighted by Crippen LogP contribution is -2.10. The lowest BCUT2D eigenvalue weighted by molar-refractivity contribution is 0.800. The molecule has 0 aromatic carbocycles. The quantitative estimate of drug-likeness (QED) is 0.619. The first-order chi connectivity index (χ1) is 6.84. The summed E-state index contributed by atoms with van der Waals surface area (Å²) in [6.45, 7) is 0.812. The van der Waals surface area contributed by atoms with E-state index in [0.29, 0.717) is 5.56 Å². The average Bonchev–Trinajstić information content (AvgIpc) is 2.62. The highest BCUT2D eigenvalue weighted by atomic mass is 16.1. The van der Waals surface area contributed by atoms with Gasteiger partial charge in [-0.3, -0.25) is 4.79 Å². The van der Waals surface area contributed by atoms with Crippen molar-refractivity contribution in [3.63, 3.8) is 0 Å². The van der Waals surface area contributed by atoms with Gasteiger partial charge in [0.15, 0.2) is 5.43 Å². The highest BCUT2D eigenvalue weighted by Crippen LogP contribution is 2.18. The second kappa shape index (κ2) is 2.54. The van der Waals surface area contributed by atoms with Gasteiger partial charge in [0, 0.05) is 12.7 Å². The largest absolute Gasteiger partial charge is 0.328 e. The maximum atomic E-state index is 11.5. The van der Waals surface area contributed by atoms with Crippen molar-refractivity contribution in [1.82, 2.24) is 9.55 Å². The standard InChI is InChI=1S/C11H8N2O/c14-10-4-1-3-9-8(10)7-13-6-2-5-11(13)12-9/h1-5,7H,6H2. The van der Waals surface area contributed by atoms with E-state index in [0.717, 1.165) is 18.1 Å². The molecule has 3 rings (SSSR count). The van der Waals surface area contributed by atoms with Crippen LogP contribution in [0.15, 0.2) is 35.3 Å². The molecule has 2 heterocycles. The normalized spacial score (nSPS) is 13.4. The van der Waals surface area contributed by atoms with Gasteiger partial charge >= 0.3 is 0 Å². The van der Waals surface area contributed by atoms with Crippen LogP contribution in [0.3, 0.4) is 0 Å². The number of rotatable bonds is 0. The number of hydrogen-bond donors (Lipinski definition) is 0. The van der Waals surface area contributed by atoms with Gasteiger partial charge < -0.3 is 4.57 Å². The number of aromatic nitrogens is 2. The highest BCUT2D eigenvalue weighted by molar-refractivity contribution is 5.62. The van der Waals surface area contributed by atoms with Gasteiger partial charge in [0.1, 0.15) is 5.82 Å². The highest BCUT2D eigenvalue weighted by Gasteiger charge is 2.11. The van der Waals surface area contributed by atoms with Gasteiger partial charge in [-0.1, -0.05) is 12.1 Å². The minimum atomic E-state index is 0.0391. The van der Waals surface area contributed by atoms with E-state index in [4.69, 9.17) is 0 Å². The summed E-state index contributed by atoms with van der Waals surface area (Å²) in [6.07, 6.45) is 5.88. The fourth-order valence-electron chi connectivity index (χ4n) is 1.72. The Kier molecular flexibility index (Phi) is 1.36. The Morgan fingerprint density at radius 1 is 1.36 bits per heavy atom. The van der Waals surface area contributed by atoms with Crippen molar-refractivity contribution < 1.29 is 0 Å². The Morgan fingerprint density at radius 3 is 3.21 bits per heavy atom. The molecule has 0 N–H and O–H groups in total. The van der Waals surface area contributed by atoms with Crippen LogP contribution in [0.5, 0.6) is 0 Å². The first-order valence-electron chi connectivity index (χ1n) is 4.51. The number of nitrogens with zero attached hydrogens (tertiary/aromatic N) is 2. The molecule has 3 heteroatoms. The van der Waals surface area contributed by atoms with Gasteiger partial charge in [-0.25, -0.2) is 4.98 Å². The van der Waals surface area contributed by atoms with E-state index in [1.54, 1.807) is 12.1 Å². The molecule has 0 unspecified atom stereocenters. The molecule has 0 radical (unpaired) electrons. The van der Waals surface area contributed by atoms with Crippen molar-refractivity contribution in [2.24, 2.45) is 0 Å². The summed E-state index contributed by atoms with van der Waals surface area (Å²) in [5, 5.41) is 0. The Hall–Kier alpha value is -1.90. The number of benzene rings is 1. The molecule has 0 aromatic rings. The minimum absolute atomic E-state index is 0.0391. The number of allylic oxidation sites excluding steroid dienone is 1. The first kappa shape index (κ1) is 7.50. The van der Waals surface area contributed by atoms with E-state index in [-0.39, 0.29) is 5.43 Å². The molecule has 0 amide bonds. The number of fused-ring (bicyclic) bond motifs is 2. The smallest absolute Gasteiger partial charge is 0.189 e. The van der Waals surface area contributed by atoms with Gasteiger partial charge in [0.05, 0.1) is 11.3 Å². The fourth-order valence-corrected chi connectivity index (χ4v) is 1.72. The fraction of sp³-hybridized carbons (Fsp3) is 0.0909. The topological polar surface area (TPSA) is 34.9 Å². The number of hydrogen-bond acceptors (Lipinski definition) is 2. The molecular weight excluding hydrogens is 176 g/mol. The molecule has 0 saturated heterocycles. The molecule has 0 atom stereocenters. The summed E-state index contributed by atoms with van der Waals surface area (Å²) in [5.74, 6) is 0.920. The van der Waals surface area contributed by atoms with Crippen LogP contribution in [0.4, 0.5) is 0 Å². The first-order valence-corrected chi connectivity index (χ1v) is 4.51. The van der Waals surface area contributed by atoms with Crippen molar-refractivity contribution in [3.05, 3.63) is 46.5 Å². The molecule has 3 aliphatic rings. The SMILES string of the molecule is O=c1cccc2nc3n(cc1-2)CC=C3. The van der Waals surface area contributed by atoms with Crippen LogP contribution in [0, 0.1) is 0 Å². The Bertz CT molecular complexity index is 554. The average molecular weight is 184 g/mol. The van der Waals surface area contributed by atoms with E-state index in [9.17, 15) is 4.79 Å². The van der Waals surface area contributed by atoms with Crippen LogP contribution in [-0.2, 0) is 6.54 Å². The third-order valence-electron chi connectivity index (χ3n) is 2.43. The van der Waals surface area contributed by atoms with Gasteiger partial charge in [0.25, 0.3) is 0 Å². The third kappa shape index (κ3) is 0.923. The van der Waals surface area contributed by atoms with Crippen molar-refractivity contribution in [1.29, 1.82) is 0 Å². The van der Waals surface area contributed by atoms with Crippen LogP contribution < -0.4 is 5.43 Å². The zero-order valence-electron chi connectivity index (χ0n) is 7.47. The van der Waals surface area contributed by atoms with E-state index >= 15 is 0 Å². The van der Waals surface area contributed by atoms with E-state index in [1.165, 1.54) is 0 Å². The van der Waals surface area contributed by atoms with Crippen LogP contribution >= 0.6 is 0 Å². The molecule has 14 heavy (non-hydrogen) atoms. The van der Waals surface area contributed by atoms with Crippen LogP contribution in [0.2, 0.25) is 0 Å². The zero-order chi connectivity index (χ0) is 9.54. The molecule has 1 aliphatic carbocycles. The zero-order valence-corrected chi connectivity index (χ0v) is 7.47. The van der Waals surface area contributed by atoms with Crippen LogP contribution in [0.1, 0.15) is 5.82 Å². The predicted octanol–water partition coefficient (Wildman–Crippen LogP) is 1.37. The van der Waals surface area contributed by atoms with Gasteiger partial charge in [-0.2, -0.15) is 0 Å². The maximum absolute atomic E-state index is 11.5. The van der Waals surface area contributed by atoms with Crippen molar-refractivity contribution in [2.75, 3.05) is 0 Å². The van der Waals surface area contributed by atoms with Crippen molar-refractivity contribution in [3.8, 4) is 11.3 Å². The summed E-state index contributed by atoms with van der Waals surface area (Å²) < 4.78 is 1.98. The Labute approximate surface area is 80.7 Å². The van der Waals surface area contributed by atoms with Gasteiger partial charge in [-0.05, 0) is 18.2 Å². The van der Waals surface area contributed by atoms with Gasteiger partial charge in [-0.15, -0.1) is 0 Å². The van der Waals surface area contributed by atoms with Crippen molar-refractivity contribution in [2.45, 2.75) is 6.54 Å². The van der Waals surface area contributed by atoms with Gasteiger partial charge in [0.2, 0.25) is 0 Å². The lowest BCUT2D eigenvalue weighted by Gasteiger charge is -2.08. The van der Waals surface area contributed by atoms with E-state index in [2.05, 4.69) is 4.98 Å². The lowest BCUT2D eigenvalue weighted by atomic mass is 10.1. The van der Waals surface area contributed by atoms with E-state index in [1.807, 2.05) is 29.0 Å². The second-order valence-electron chi connectivity index (χ2n) is 3.34.